The fraction of sp³-hybridized carbons (Fsp3) is 0.639. The Bertz CT molecular complexity index is 867. The first-order valence-corrected chi connectivity index (χ1v) is 16.7. The molecule has 1 rings (SSSR count). The van der Waals surface area contributed by atoms with Gasteiger partial charge >= 0.3 is 6.09 Å². The maximum atomic E-state index is 11.9. The number of ether oxygens (including phenoxy) is 1. The van der Waals surface area contributed by atoms with Gasteiger partial charge in [0.15, 0.2) is 0 Å². The van der Waals surface area contributed by atoms with Crippen LogP contribution in [0, 0.1) is 5.92 Å². The Morgan fingerprint density at radius 1 is 1.11 bits per heavy atom. The first kappa shape index (κ1) is 52.6. The predicted octanol–water partition coefficient (Wildman–Crippen LogP) is 7.49. The maximum Gasteiger partial charge on any atom is 0.410 e. The van der Waals surface area contributed by atoms with E-state index in [4.69, 9.17) is 16.3 Å². The largest absolute Gasteiger partial charge is 0.444 e. The van der Waals surface area contributed by atoms with Gasteiger partial charge < -0.3 is 25.4 Å². The molecule has 0 radical (unpaired) electrons. The molecule has 0 bridgehead atoms. The third kappa shape index (κ3) is 35.6. The quantitative estimate of drug-likeness (QED) is 0.0960. The molecule has 3 amide bonds. The summed E-state index contributed by atoms with van der Waals surface area (Å²) >= 11 is 5.44. The molecule has 46 heavy (non-hydrogen) atoms. The van der Waals surface area contributed by atoms with Crippen molar-refractivity contribution < 1.29 is 24.2 Å². The fourth-order valence-corrected chi connectivity index (χ4v) is 3.35. The molecule has 0 spiro atoms. The van der Waals surface area contributed by atoms with Crippen molar-refractivity contribution in [2.75, 3.05) is 45.7 Å². The third-order valence-corrected chi connectivity index (χ3v) is 5.35. The van der Waals surface area contributed by atoms with Gasteiger partial charge in [-0.25, -0.2) is 4.79 Å². The molecular formula is C36H69ClN4O5. The highest BCUT2D eigenvalue weighted by atomic mass is 35.5. The van der Waals surface area contributed by atoms with Crippen LogP contribution in [0.4, 0.5) is 4.79 Å². The van der Waals surface area contributed by atoms with E-state index < -0.39 is 11.7 Å². The number of aliphatic hydroxyl groups excluding tert-OH is 1. The number of amides is 3. The molecule has 0 saturated carbocycles. The highest BCUT2D eigenvalue weighted by Gasteiger charge is 2.32. The molecule has 0 aromatic rings. The van der Waals surface area contributed by atoms with Gasteiger partial charge in [0.1, 0.15) is 5.60 Å². The van der Waals surface area contributed by atoms with E-state index in [0.717, 1.165) is 30.6 Å². The van der Waals surface area contributed by atoms with E-state index in [2.05, 4.69) is 43.7 Å². The van der Waals surface area contributed by atoms with Gasteiger partial charge in [-0.1, -0.05) is 78.5 Å². The Morgan fingerprint density at radius 3 is 2.02 bits per heavy atom. The van der Waals surface area contributed by atoms with Crippen LogP contribution in [0.2, 0.25) is 0 Å². The molecule has 1 fully saturated rings. The number of nitrogens with zero attached hydrogens (tertiary/aromatic N) is 2. The second-order valence-corrected chi connectivity index (χ2v) is 10.8. The molecule has 3 N–H and O–H groups in total. The number of aliphatic hydroxyl groups is 1. The number of hydrogen-bond acceptors (Lipinski definition) is 6. The minimum atomic E-state index is -0.557. The van der Waals surface area contributed by atoms with E-state index >= 15 is 0 Å². The fourth-order valence-electron chi connectivity index (χ4n) is 3.25. The van der Waals surface area contributed by atoms with Crippen LogP contribution in [0.15, 0.2) is 60.9 Å². The van der Waals surface area contributed by atoms with Crippen molar-refractivity contribution in [1.29, 1.82) is 0 Å². The number of hydrogen-bond donors (Lipinski definition) is 3. The molecule has 1 aliphatic heterocycles. The summed E-state index contributed by atoms with van der Waals surface area (Å²) in [6.45, 7) is 31.9. The lowest BCUT2D eigenvalue weighted by Gasteiger charge is -2.39. The predicted molar refractivity (Wildman–Crippen MR) is 199 cm³/mol. The average molecular weight is 673 g/mol. The molecule has 0 aliphatic carbocycles. The zero-order chi connectivity index (χ0) is 37.1. The van der Waals surface area contributed by atoms with E-state index in [1.54, 1.807) is 31.7 Å². The molecular weight excluding hydrogens is 604 g/mol. The number of halogens is 1. The Hall–Kier alpha value is -2.88. The number of nitrogens with one attached hydrogen (secondary N) is 2. The lowest BCUT2D eigenvalue weighted by Crippen LogP contribution is -2.57. The molecule has 0 aromatic carbocycles. The van der Waals surface area contributed by atoms with Gasteiger partial charge in [-0.05, 0) is 65.7 Å². The lowest BCUT2D eigenvalue weighted by atomic mass is 10.2. The van der Waals surface area contributed by atoms with Crippen molar-refractivity contribution >= 4 is 30.0 Å². The topological polar surface area (TPSA) is 111 Å². The summed E-state index contributed by atoms with van der Waals surface area (Å²) in [5, 5.41) is 15.0. The number of alkyl halides is 1. The second kappa shape index (κ2) is 36.6. The normalized spacial score (nSPS) is 14.8. The van der Waals surface area contributed by atoms with Crippen LogP contribution < -0.4 is 10.6 Å². The summed E-state index contributed by atoms with van der Waals surface area (Å²) < 4.78 is 5.25. The van der Waals surface area contributed by atoms with Crippen molar-refractivity contribution in [3.8, 4) is 0 Å². The molecule has 0 aromatic heterocycles. The first-order valence-electron chi connectivity index (χ1n) is 16.2. The van der Waals surface area contributed by atoms with Crippen molar-refractivity contribution in [2.24, 2.45) is 5.92 Å². The van der Waals surface area contributed by atoms with Gasteiger partial charge in [0.05, 0.1) is 12.6 Å². The minimum absolute atomic E-state index is 0.0428. The number of carbonyl (C=O) groups excluding carboxylic acids is 3. The molecule has 1 unspecified atom stereocenters. The average Bonchev–Trinajstić information content (AvgIpc) is 3.02. The van der Waals surface area contributed by atoms with Crippen LogP contribution in [-0.2, 0) is 14.3 Å². The Morgan fingerprint density at radius 2 is 1.65 bits per heavy atom. The Labute approximate surface area is 287 Å². The summed E-state index contributed by atoms with van der Waals surface area (Å²) in [4.78, 5) is 36.2. The second-order valence-electron chi connectivity index (χ2n) is 10.5. The highest BCUT2D eigenvalue weighted by Crippen LogP contribution is 2.15. The molecule has 1 saturated heterocycles. The van der Waals surface area contributed by atoms with Gasteiger partial charge in [-0.15, -0.1) is 18.2 Å². The van der Waals surface area contributed by atoms with Crippen LogP contribution in [0.1, 0.15) is 89.5 Å². The van der Waals surface area contributed by atoms with E-state index in [1.807, 2.05) is 72.9 Å². The van der Waals surface area contributed by atoms with Gasteiger partial charge in [0.2, 0.25) is 12.3 Å². The van der Waals surface area contributed by atoms with Gasteiger partial charge in [0.25, 0.3) is 0 Å². The van der Waals surface area contributed by atoms with Crippen LogP contribution in [0.5, 0.6) is 0 Å². The SMILES string of the molecule is C=C/C(=C\C=C(/C)NC(C)=O)CC.C=CC.CC.CC.CC(C)(C)OC(=O)N1CCN(C=O)C[C@@H]1CO.CNCC(C)/C=C\CCl. The van der Waals surface area contributed by atoms with E-state index in [9.17, 15) is 19.5 Å². The third-order valence-electron chi connectivity index (χ3n) is 5.17. The molecule has 9 nitrogen and oxygen atoms in total. The monoisotopic (exact) mass is 672 g/mol. The van der Waals surface area contributed by atoms with Crippen LogP contribution in [-0.4, -0.2) is 90.7 Å². The van der Waals surface area contributed by atoms with E-state index in [-0.39, 0.29) is 18.6 Å². The van der Waals surface area contributed by atoms with Crippen LogP contribution >= 0.6 is 11.6 Å². The number of piperazine rings is 1. The molecule has 2 atom stereocenters. The molecule has 1 heterocycles. The first-order chi connectivity index (χ1) is 21.7. The summed E-state index contributed by atoms with van der Waals surface area (Å²) in [7, 11) is 1.95. The summed E-state index contributed by atoms with van der Waals surface area (Å²) in [6.07, 6.45) is 12.7. The summed E-state index contributed by atoms with van der Waals surface area (Å²) in [5.74, 6) is 1.17. The minimum Gasteiger partial charge on any atom is -0.444 e. The van der Waals surface area contributed by atoms with E-state index in [1.165, 1.54) is 11.8 Å². The zero-order valence-electron chi connectivity index (χ0n) is 31.4. The van der Waals surface area contributed by atoms with E-state index in [0.29, 0.717) is 31.4 Å². The van der Waals surface area contributed by atoms with Crippen molar-refractivity contribution in [3.05, 3.63) is 60.9 Å². The lowest BCUT2D eigenvalue weighted by molar-refractivity contribution is -0.121. The van der Waals surface area contributed by atoms with Crippen LogP contribution in [0.3, 0.4) is 0 Å². The van der Waals surface area contributed by atoms with Gasteiger partial charge in [-0.3, -0.25) is 14.5 Å². The number of allylic oxidation sites excluding steroid dienone is 7. The highest BCUT2D eigenvalue weighted by molar-refractivity contribution is 6.18. The summed E-state index contributed by atoms with van der Waals surface area (Å²) in [5.41, 5.74) is 1.45. The number of carbonyl (C=O) groups is 3. The molecule has 270 valence electrons. The Kier molecular flexibility index (Phi) is 41.9. The Balaban J connectivity index is -0.000000172. The number of rotatable bonds is 10. The van der Waals surface area contributed by atoms with Crippen LogP contribution in [0.25, 0.3) is 0 Å². The maximum absolute atomic E-state index is 11.9. The smallest absolute Gasteiger partial charge is 0.410 e. The van der Waals surface area contributed by atoms with Gasteiger partial charge in [-0.2, -0.15) is 0 Å². The van der Waals surface area contributed by atoms with Crippen molar-refractivity contribution in [3.63, 3.8) is 0 Å². The molecule has 1 aliphatic rings. The summed E-state index contributed by atoms with van der Waals surface area (Å²) in [6, 6.07) is -0.385. The van der Waals surface area contributed by atoms with Gasteiger partial charge in [0, 0.05) is 44.7 Å². The zero-order valence-corrected chi connectivity index (χ0v) is 32.2. The van der Waals surface area contributed by atoms with Crippen molar-refractivity contribution in [1.82, 2.24) is 20.4 Å². The molecule has 10 heteroatoms. The standard InChI is InChI=1S/C11H20N2O4.C11H17NO.C7H14ClN.C3H6.2C2H6/c1-11(2,3)17-10(16)13-5-4-12(8-15)6-9(13)7-14;1-5-11(6-2)8-7-9(3)12-10(4)13;1-7(6-9-2)4-3-5-8;1-3-2;2*1-2/h8-9,14H,4-7H2,1-3H3;5,7-8H,1,6H2,2-4H3,(H,12,13);3-4,7,9H,5-6H2,1-2H3;3H,1H2,2H3;2*1-2H3/b;9-7+,11-8+;4-3-;;;/t9-;;;;;/m1...../s1. The van der Waals surface area contributed by atoms with Crippen molar-refractivity contribution in [2.45, 2.75) is 101 Å².